The van der Waals surface area contributed by atoms with Crippen molar-refractivity contribution in [2.24, 2.45) is 0 Å². The number of rotatable bonds is 5. The van der Waals surface area contributed by atoms with Gasteiger partial charge in [0.25, 0.3) is 5.91 Å². The molecule has 1 aromatic carbocycles. The fourth-order valence-electron chi connectivity index (χ4n) is 2.30. The fraction of sp³-hybridized carbons (Fsp3) is 0.429. The smallest absolute Gasteiger partial charge is 0.341 e. The second kappa shape index (κ2) is 7.06. The normalized spacial score (nSPS) is 17.5. The molecule has 0 bridgehead atoms. The Bertz CT molecular complexity index is 728. The highest BCUT2D eigenvalue weighted by Gasteiger charge is 2.41. The molecule has 132 valence electrons. The van der Waals surface area contributed by atoms with E-state index in [-0.39, 0.29) is 18.4 Å². The number of amides is 1. The summed E-state index contributed by atoms with van der Waals surface area (Å²) in [7, 11) is -4.73. The van der Waals surface area contributed by atoms with E-state index in [1.54, 1.807) is 11.8 Å². The number of thioether (sulfide) groups is 1. The number of halogens is 2. The van der Waals surface area contributed by atoms with Gasteiger partial charge in [-0.3, -0.25) is 4.79 Å². The number of alkyl halides is 2. The van der Waals surface area contributed by atoms with E-state index < -0.39 is 37.9 Å². The average Bonchev–Trinajstić information content (AvgIpc) is 2.55. The van der Waals surface area contributed by atoms with Crippen LogP contribution in [0.2, 0.25) is 0 Å². The molecule has 0 aliphatic carbocycles. The molecule has 0 atom stereocenters. The summed E-state index contributed by atoms with van der Waals surface area (Å²) in [6.45, 7) is 0. The maximum Gasteiger partial charge on any atom is 0.341 e. The molecule has 1 aliphatic rings. The number of hydrogen-bond acceptors (Lipinski definition) is 5. The first-order valence-corrected chi connectivity index (χ1v) is 9.65. The Morgan fingerprint density at radius 3 is 2.17 bits per heavy atom. The lowest BCUT2D eigenvalue weighted by molar-refractivity contribution is -0.144. The highest BCUT2D eigenvalue weighted by Crippen LogP contribution is 2.28. The number of aliphatic carboxylic acids is 1. The van der Waals surface area contributed by atoms with Crippen LogP contribution in [0.15, 0.2) is 29.2 Å². The fourth-order valence-corrected chi connectivity index (χ4v) is 4.21. The maximum atomic E-state index is 12.5. The standard InChI is InChI=1S/C14H15F2NO5S2/c15-13(16)24(21,22)10-3-1-9(2-4-10)11(18)17-14(12(19)20)5-7-23-8-6-14/h1-4,13H,5-8H2,(H,17,18)(H,19,20). The van der Waals surface area contributed by atoms with Gasteiger partial charge in [-0.05, 0) is 48.6 Å². The van der Waals surface area contributed by atoms with Crippen molar-refractivity contribution in [2.75, 3.05) is 11.5 Å². The third kappa shape index (κ3) is 3.69. The summed E-state index contributed by atoms with van der Waals surface area (Å²) in [5, 5.41) is 11.9. The van der Waals surface area contributed by atoms with Crippen LogP contribution in [0.4, 0.5) is 8.78 Å². The van der Waals surface area contributed by atoms with Gasteiger partial charge in [0.1, 0.15) is 5.54 Å². The summed E-state index contributed by atoms with van der Waals surface area (Å²) in [6.07, 6.45) is 0.549. The van der Waals surface area contributed by atoms with Crippen LogP contribution >= 0.6 is 11.8 Å². The van der Waals surface area contributed by atoms with Gasteiger partial charge in [-0.1, -0.05) is 0 Å². The van der Waals surface area contributed by atoms with Gasteiger partial charge < -0.3 is 10.4 Å². The van der Waals surface area contributed by atoms with Gasteiger partial charge >= 0.3 is 11.7 Å². The van der Waals surface area contributed by atoms with E-state index in [0.717, 1.165) is 24.3 Å². The predicted octanol–water partition coefficient (Wildman–Crippen LogP) is 1.76. The van der Waals surface area contributed by atoms with Crippen LogP contribution in [0, 0.1) is 0 Å². The molecule has 0 unspecified atom stereocenters. The number of carbonyl (C=O) groups is 2. The lowest BCUT2D eigenvalue weighted by Crippen LogP contribution is -2.56. The average molecular weight is 379 g/mol. The molecule has 0 radical (unpaired) electrons. The minimum atomic E-state index is -4.73. The van der Waals surface area contributed by atoms with Crippen LogP contribution in [0.1, 0.15) is 23.2 Å². The van der Waals surface area contributed by atoms with Crippen LogP contribution in [-0.2, 0) is 14.6 Å². The van der Waals surface area contributed by atoms with E-state index >= 15 is 0 Å². The Hall–Kier alpha value is -1.68. The topological polar surface area (TPSA) is 101 Å². The largest absolute Gasteiger partial charge is 0.480 e. The molecule has 1 heterocycles. The molecule has 2 N–H and O–H groups in total. The lowest BCUT2D eigenvalue weighted by atomic mass is 9.92. The Labute approximate surface area is 141 Å². The highest BCUT2D eigenvalue weighted by atomic mass is 32.2. The first kappa shape index (κ1) is 18.7. The van der Waals surface area contributed by atoms with Crippen LogP contribution in [0.3, 0.4) is 0 Å². The van der Waals surface area contributed by atoms with E-state index in [1.165, 1.54) is 0 Å². The Balaban J connectivity index is 2.20. The molecule has 24 heavy (non-hydrogen) atoms. The quantitative estimate of drug-likeness (QED) is 0.809. The zero-order valence-corrected chi connectivity index (χ0v) is 14.0. The van der Waals surface area contributed by atoms with Crippen molar-refractivity contribution < 1.29 is 31.9 Å². The van der Waals surface area contributed by atoms with Crippen molar-refractivity contribution >= 4 is 33.5 Å². The van der Waals surface area contributed by atoms with Gasteiger partial charge in [0.15, 0.2) is 0 Å². The maximum absolute atomic E-state index is 12.5. The second-order valence-electron chi connectivity index (χ2n) is 5.28. The summed E-state index contributed by atoms with van der Waals surface area (Å²) in [6, 6.07) is 3.97. The number of carbonyl (C=O) groups excluding carboxylic acids is 1. The molecule has 2 rings (SSSR count). The molecule has 6 nitrogen and oxygen atoms in total. The summed E-state index contributed by atoms with van der Waals surface area (Å²) in [5.74, 6) is -4.18. The molecule has 0 aromatic heterocycles. The Morgan fingerprint density at radius 1 is 1.17 bits per heavy atom. The van der Waals surface area contributed by atoms with E-state index in [0.29, 0.717) is 11.5 Å². The van der Waals surface area contributed by atoms with Gasteiger partial charge in [0.05, 0.1) is 4.90 Å². The molecular weight excluding hydrogens is 364 g/mol. The van der Waals surface area contributed by atoms with E-state index in [4.69, 9.17) is 0 Å². The van der Waals surface area contributed by atoms with E-state index in [1.807, 2.05) is 0 Å². The van der Waals surface area contributed by atoms with Crippen molar-refractivity contribution in [1.29, 1.82) is 0 Å². The molecule has 1 amide bonds. The number of benzene rings is 1. The highest BCUT2D eigenvalue weighted by molar-refractivity contribution is 7.99. The summed E-state index contributed by atoms with van der Waals surface area (Å²) in [4.78, 5) is 23.2. The van der Waals surface area contributed by atoms with Gasteiger partial charge in [-0.2, -0.15) is 20.5 Å². The molecule has 1 aliphatic heterocycles. The van der Waals surface area contributed by atoms with Crippen molar-refractivity contribution in [3.8, 4) is 0 Å². The summed E-state index contributed by atoms with van der Waals surface area (Å²) < 4.78 is 47.6. The number of hydrogen-bond donors (Lipinski definition) is 2. The Kier molecular flexibility index (Phi) is 5.49. The van der Waals surface area contributed by atoms with Crippen LogP contribution < -0.4 is 5.32 Å². The molecule has 10 heteroatoms. The SMILES string of the molecule is O=C(NC1(C(=O)O)CCSCC1)c1ccc(S(=O)(=O)C(F)F)cc1. The molecule has 0 saturated carbocycles. The van der Waals surface area contributed by atoms with Gasteiger partial charge in [-0.15, -0.1) is 0 Å². The van der Waals surface area contributed by atoms with E-state index in [9.17, 15) is 31.9 Å². The number of carboxylic acids is 1. The number of nitrogens with one attached hydrogen (secondary N) is 1. The van der Waals surface area contributed by atoms with Crippen molar-refractivity contribution in [2.45, 2.75) is 29.0 Å². The monoisotopic (exact) mass is 379 g/mol. The van der Waals surface area contributed by atoms with Gasteiger partial charge in [-0.25, -0.2) is 13.2 Å². The molecular formula is C14H15F2NO5S2. The third-order valence-electron chi connectivity index (χ3n) is 3.79. The number of sulfone groups is 1. The van der Waals surface area contributed by atoms with E-state index in [2.05, 4.69) is 5.32 Å². The van der Waals surface area contributed by atoms with Crippen LogP contribution in [-0.4, -0.2) is 48.2 Å². The molecule has 1 fully saturated rings. The van der Waals surface area contributed by atoms with Crippen LogP contribution in [0.5, 0.6) is 0 Å². The van der Waals surface area contributed by atoms with Gasteiger partial charge in [0, 0.05) is 5.56 Å². The lowest BCUT2D eigenvalue weighted by Gasteiger charge is -2.33. The molecule has 1 saturated heterocycles. The first-order valence-electron chi connectivity index (χ1n) is 6.95. The zero-order valence-electron chi connectivity index (χ0n) is 12.4. The molecule has 0 spiro atoms. The minimum Gasteiger partial charge on any atom is -0.480 e. The number of carboxylic acid groups (broad SMARTS) is 1. The summed E-state index contributed by atoms with van der Waals surface area (Å²) >= 11 is 1.59. The van der Waals surface area contributed by atoms with Crippen LogP contribution in [0.25, 0.3) is 0 Å². The van der Waals surface area contributed by atoms with Crippen molar-refractivity contribution in [1.82, 2.24) is 5.32 Å². The molecule has 1 aromatic rings. The minimum absolute atomic E-state index is 0.00191. The van der Waals surface area contributed by atoms with Crippen molar-refractivity contribution in [3.63, 3.8) is 0 Å². The third-order valence-corrected chi connectivity index (χ3v) is 6.17. The zero-order chi connectivity index (χ0) is 18.0. The second-order valence-corrected chi connectivity index (χ2v) is 8.43. The predicted molar refractivity (Wildman–Crippen MR) is 84.0 cm³/mol. The van der Waals surface area contributed by atoms with Crippen molar-refractivity contribution in [3.05, 3.63) is 29.8 Å². The van der Waals surface area contributed by atoms with Gasteiger partial charge in [0.2, 0.25) is 9.84 Å². The Morgan fingerprint density at radius 2 is 1.71 bits per heavy atom. The summed E-state index contributed by atoms with van der Waals surface area (Å²) in [5.41, 5.74) is -1.36. The first-order chi connectivity index (χ1) is 11.2.